The second-order valence-electron chi connectivity index (χ2n) is 10.5. The van der Waals surface area contributed by atoms with Gasteiger partial charge in [-0.25, -0.2) is 17.4 Å². The largest absolute Gasteiger partial charge is 0.744 e. The number of guanidine groups is 1. The minimum absolute atomic E-state index is 0.0666. The normalized spacial score (nSPS) is 11.7. The van der Waals surface area contributed by atoms with Crippen molar-refractivity contribution in [2.24, 2.45) is 28.7 Å². The van der Waals surface area contributed by atoms with E-state index >= 15 is 0 Å². The molecule has 5 aromatic rings. The number of nitrogens with zero attached hydrogens (tertiary/aromatic N) is 4. The highest BCUT2D eigenvalue weighted by molar-refractivity contribution is 7.86. The van der Waals surface area contributed by atoms with E-state index < -0.39 is 32.0 Å². The van der Waals surface area contributed by atoms with E-state index in [1.54, 1.807) is 66.3 Å². The van der Waals surface area contributed by atoms with Crippen LogP contribution < -0.4 is 20.6 Å². The Morgan fingerprint density at radius 3 is 1.90 bits per heavy atom. The summed E-state index contributed by atoms with van der Waals surface area (Å²) in [5.74, 6) is 0.469. The van der Waals surface area contributed by atoms with Gasteiger partial charge in [-0.05, 0) is 74.0 Å². The molecule has 0 aliphatic heterocycles. The van der Waals surface area contributed by atoms with E-state index in [9.17, 15) is 34.6 Å². The Morgan fingerprint density at radius 1 is 0.880 bits per heavy atom. The van der Waals surface area contributed by atoms with Gasteiger partial charge in [-0.2, -0.15) is 26.7 Å². The molecule has 0 amide bonds. The number of imidazole rings is 1. The number of pyridine rings is 1. The summed E-state index contributed by atoms with van der Waals surface area (Å²) in [5.41, 5.74) is 13.7. The predicted octanol–water partition coefficient (Wildman–Crippen LogP) is 4.11. The number of alkyl halides is 3. The van der Waals surface area contributed by atoms with Crippen molar-refractivity contribution in [1.29, 1.82) is 0 Å². The van der Waals surface area contributed by atoms with Crippen molar-refractivity contribution < 1.29 is 48.2 Å². The minimum atomic E-state index is -4.39. The number of fused-ring (bicyclic) bond motifs is 1. The van der Waals surface area contributed by atoms with Gasteiger partial charge in [0.25, 0.3) is 15.8 Å². The first-order valence-corrected chi connectivity index (χ1v) is 17.1. The molecule has 13 nitrogen and oxygen atoms in total. The lowest BCUT2D eigenvalue weighted by Gasteiger charge is -2.05. The maximum Gasteiger partial charge on any atom is 0.419 e. The lowest BCUT2D eigenvalue weighted by Crippen LogP contribution is -2.22. The Hall–Kier alpha value is -5.30. The van der Waals surface area contributed by atoms with Gasteiger partial charge in [0.15, 0.2) is 12.3 Å². The summed E-state index contributed by atoms with van der Waals surface area (Å²) < 4.78 is 108. The van der Waals surface area contributed by atoms with Crippen molar-refractivity contribution >= 4 is 38.1 Å². The first-order chi connectivity index (χ1) is 23.2. The van der Waals surface area contributed by atoms with Crippen LogP contribution in [0.1, 0.15) is 27.9 Å². The van der Waals surface area contributed by atoms with Crippen molar-refractivity contribution in [3.63, 3.8) is 0 Å². The van der Waals surface area contributed by atoms with Crippen LogP contribution in [-0.2, 0) is 40.1 Å². The van der Waals surface area contributed by atoms with E-state index in [0.717, 1.165) is 34.6 Å². The van der Waals surface area contributed by atoms with Gasteiger partial charge in [0.2, 0.25) is 5.96 Å². The van der Waals surface area contributed by atoms with Crippen LogP contribution in [0.2, 0.25) is 0 Å². The van der Waals surface area contributed by atoms with E-state index in [0.29, 0.717) is 11.4 Å². The zero-order chi connectivity index (χ0) is 37.3. The zero-order valence-electron chi connectivity index (χ0n) is 26.8. The van der Waals surface area contributed by atoms with Gasteiger partial charge in [0, 0.05) is 6.07 Å². The van der Waals surface area contributed by atoms with Crippen LogP contribution in [-0.4, -0.2) is 42.7 Å². The SMILES string of the molecule is Cc1ccc(S(=O)(=O)O)cc1.Cc1ccc(S(=O)(=O)[O-])cc1.Cn1c(COc2ccc(/C=N/N=C(N)N)cc2)c[n+]2cc(C(F)(F)F)ccc12. The first-order valence-electron chi connectivity index (χ1n) is 14.2. The van der Waals surface area contributed by atoms with E-state index in [4.69, 9.17) is 20.8 Å². The number of aryl methyl sites for hydroxylation is 3. The number of hydrogen-bond acceptors (Lipinski definition) is 8. The Bertz CT molecular complexity index is 2110. The molecule has 5 rings (SSSR count). The smallest absolute Gasteiger partial charge is 0.419 e. The number of aromatic nitrogens is 2. The molecule has 0 unspecified atom stereocenters. The van der Waals surface area contributed by atoms with Gasteiger partial charge in [-0.1, -0.05) is 35.4 Å². The fourth-order valence-corrected chi connectivity index (χ4v) is 4.93. The van der Waals surface area contributed by atoms with Gasteiger partial charge in [0.05, 0.1) is 28.6 Å². The number of halogens is 3. The van der Waals surface area contributed by atoms with E-state index in [1.165, 1.54) is 40.9 Å². The molecular weight excluding hydrogens is 702 g/mol. The van der Waals surface area contributed by atoms with Gasteiger partial charge in [0.1, 0.15) is 28.3 Å². The summed E-state index contributed by atoms with van der Waals surface area (Å²) in [4.78, 5) is -0.244. The monoisotopic (exact) mass is 734 g/mol. The third kappa shape index (κ3) is 12.0. The maximum atomic E-state index is 12.9. The first kappa shape index (κ1) is 39.1. The predicted molar refractivity (Wildman–Crippen MR) is 178 cm³/mol. The molecule has 0 radical (unpaired) electrons. The Kier molecular flexibility index (Phi) is 12.8. The third-order valence-electron chi connectivity index (χ3n) is 6.62. The molecule has 0 atom stereocenters. The average molecular weight is 735 g/mol. The summed E-state index contributed by atoms with van der Waals surface area (Å²) >= 11 is 0. The number of rotatable bonds is 7. The van der Waals surface area contributed by atoms with Crippen LogP contribution in [0.15, 0.2) is 117 Å². The van der Waals surface area contributed by atoms with E-state index in [2.05, 4.69) is 10.2 Å². The molecule has 2 heterocycles. The molecular formula is C32H33F3N6O7S2. The molecule has 0 bridgehead atoms. The topological polar surface area (TPSA) is 207 Å². The van der Waals surface area contributed by atoms with E-state index in [1.807, 2.05) is 13.8 Å². The molecule has 2 aromatic heterocycles. The van der Waals surface area contributed by atoms with Crippen molar-refractivity contribution in [3.8, 4) is 5.75 Å². The Morgan fingerprint density at radius 2 is 1.42 bits per heavy atom. The van der Waals surface area contributed by atoms with Gasteiger partial charge < -0.3 is 20.8 Å². The lowest BCUT2D eigenvalue weighted by molar-refractivity contribution is -0.512. The average Bonchev–Trinajstić information content (AvgIpc) is 3.34. The quantitative estimate of drug-likeness (QED) is 0.0722. The molecule has 0 saturated heterocycles. The molecule has 266 valence electrons. The van der Waals surface area contributed by atoms with Crippen LogP contribution in [0.25, 0.3) is 5.65 Å². The minimum Gasteiger partial charge on any atom is -0.744 e. The second-order valence-corrected chi connectivity index (χ2v) is 13.3. The molecule has 18 heteroatoms. The highest BCUT2D eigenvalue weighted by atomic mass is 32.2. The van der Waals surface area contributed by atoms with Crippen molar-refractivity contribution in [3.05, 3.63) is 125 Å². The standard InChI is InChI=1S/C18H18F3N6O.2C7H8O3S/c1-26-14(10-27-9-13(18(19,20)21)4-7-16(26)27)11-28-15-5-2-12(3-6-15)8-24-25-17(22)23;2*1-6-2-4-7(5-3-6)11(8,9)10/h2-10H,11H2,1H3,(H4,22,23,25);2*2-5H,1H3,(H,8,9,10)/q+1;;/p-1/b24-8+;;. The van der Waals surface area contributed by atoms with Crippen LogP contribution in [0.5, 0.6) is 5.75 Å². The van der Waals surface area contributed by atoms with Crippen molar-refractivity contribution in [2.75, 3.05) is 0 Å². The van der Waals surface area contributed by atoms with Crippen LogP contribution >= 0.6 is 0 Å². The highest BCUT2D eigenvalue weighted by Gasteiger charge is 2.32. The lowest BCUT2D eigenvalue weighted by atomic mass is 10.2. The summed E-state index contributed by atoms with van der Waals surface area (Å²) in [7, 11) is -6.52. The van der Waals surface area contributed by atoms with Gasteiger partial charge >= 0.3 is 6.18 Å². The fraction of sp³-hybridized carbons (Fsp3) is 0.156. The Balaban J connectivity index is 0.000000251. The molecule has 0 fully saturated rings. The Labute approximate surface area is 286 Å². The van der Waals surface area contributed by atoms with E-state index in [-0.39, 0.29) is 22.4 Å². The van der Waals surface area contributed by atoms with Crippen LogP contribution in [0.3, 0.4) is 0 Å². The molecule has 0 aliphatic carbocycles. The molecule has 50 heavy (non-hydrogen) atoms. The summed E-state index contributed by atoms with van der Waals surface area (Å²) in [5, 5.41) is 7.22. The number of hydrogen-bond donors (Lipinski definition) is 3. The molecule has 3 aromatic carbocycles. The fourth-order valence-electron chi connectivity index (χ4n) is 3.98. The molecule has 0 spiro atoms. The third-order valence-corrected chi connectivity index (χ3v) is 8.34. The highest BCUT2D eigenvalue weighted by Crippen LogP contribution is 2.28. The molecule has 0 saturated carbocycles. The summed E-state index contributed by atoms with van der Waals surface area (Å²) in [6.45, 7) is 3.86. The van der Waals surface area contributed by atoms with Crippen LogP contribution in [0, 0.1) is 13.8 Å². The summed E-state index contributed by atoms with van der Waals surface area (Å²) in [6, 6.07) is 21.3. The van der Waals surface area contributed by atoms with Crippen LogP contribution in [0.4, 0.5) is 13.2 Å². The van der Waals surface area contributed by atoms with Crippen molar-refractivity contribution in [2.45, 2.75) is 36.4 Å². The second kappa shape index (κ2) is 16.4. The van der Waals surface area contributed by atoms with Gasteiger partial charge in [-0.15, -0.1) is 5.10 Å². The maximum absolute atomic E-state index is 12.9. The molecule has 0 aliphatic rings. The molecule has 5 N–H and O–H groups in total. The zero-order valence-corrected chi connectivity index (χ0v) is 28.4. The van der Waals surface area contributed by atoms with Gasteiger partial charge in [-0.3, -0.25) is 4.55 Å². The summed E-state index contributed by atoms with van der Waals surface area (Å²) in [6.07, 6.45) is -0.230. The van der Waals surface area contributed by atoms with Crippen molar-refractivity contribution in [1.82, 2.24) is 4.57 Å². The number of benzene rings is 3. The number of nitrogens with two attached hydrogens (primary N) is 2. The number of ether oxygens (including phenoxy) is 1.